The third-order valence-corrected chi connectivity index (χ3v) is 4.53. The Balaban J connectivity index is 1.98. The first-order valence-electron chi connectivity index (χ1n) is 8.81. The fraction of sp³-hybridized carbons (Fsp3) is 0.238. The molecule has 0 radical (unpaired) electrons. The minimum atomic E-state index is -0.627. The Morgan fingerprint density at radius 1 is 1.04 bits per heavy atom. The fourth-order valence-electron chi connectivity index (χ4n) is 3.20. The number of anilines is 1. The van der Waals surface area contributed by atoms with Gasteiger partial charge in [0.05, 0.1) is 25.8 Å². The smallest absolute Gasteiger partial charge is 0.319 e. The molecule has 146 valence electrons. The summed E-state index contributed by atoms with van der Waals surface area (Å²) in [6, 6.07) is 11.8. The molecule has 3 N–H and O–H groups in total. The minimum absolute atomic E-state index is 0.296. The van der Waals surface area contributed by atoms with Crippen LogP contribution in [-0.2, 0) is 4.79 Å². The zero-order valence-electron chi connectivity index (χ0n) is 16.3. The molecule has 1 aliphatic heterocycles. The maximum atomic E-state index is 13.0. The van der Waals surface area contributed by atoms with Crippen molar-refractivity contribution in [2.45, 2.75) is 19.9 Å². The molecule has 0 spiro atoms. The summed E-state index contributed by atoms with van der Waals surface area (Å²) in [7, 11) is 3.09. The third-order valence-electron chi connectivity index (χ3n) is 4.53. The lowest BCUT2D eigenvalue weighted by molar-refractivity contribution is -0.113. The van der Waals surface area contributed by atoms with Crippen molar-refractivity contribution in [2.24, 2.45) is 0 Å². The van der Waals surface area contributed by atoms with Crippen LogP contribution in [0.3, 0.4) is 0 Å². The van der Waals surface area contributed by atoms with Crippen LogP contribution >= 0.6 is 0 Å². The Labute approximate surface area is 163 Å². The fourth-order valence-corrected chi connectivity index (χ4v) is 3.20. The highest BCUT2D eigenvalue weighted by molar-refractivity contribution is 6.06. The maximum Gasteiger partial charge on any atom is 0.319 e. The molecule has 7 nitrogen and oxygen atoms in total. The van der Waals surface area contributed by atoms with E-state index in [4.69, 9.17) is 9.47 Å². The number of aryl methyl sites for hydroxylation is 1. The molecule has 0 saturated heterocycles. The second-order valence-electron chi connectivity index (χ2n) is 6.51. The molecule has 3 amide bonds. The molecule has 0 fully saturated rings. The number of hydrogen-bond acceptors (Lipinski definition) is 4. The van der Waals surface area contributed by atoms with E-state index in [-0.39, 0.29) is 11.9 Å². The quantitative estimate of drug-likeness (QED) is 0.742. The highest BCUT2D eigenvalue weighted by Gasteiger charge is 2.31. The SMILES string of the molecule is COc1ccc([C@H]2NC(=O)NC(C)=C2C(=O)Nc2cccc(C)c2)cc1OC. The van der Waals surface area contributed by atoms with Gasteiger partial charge in [-0.3, -0.25) is 4.79 Å². The van der Waals surface area contributed by atoms with Crippen LogP contribution in [0, 0.1) is 6.92 Å². The van der Waals surface area contributed by atoms with Crippen molar-refractivity contribution in [1.29, 1.82) is 0 Å². The summed E-state index contributed by atoms with van der Waals surface area (Å²) < 4.78 is 10.6. The maximum absolute atomic E-state index is 13.0. The van der Waals surface area contributed by atoms with Crippen LogP contribution in [0.15, 0.2) is 53.7 Å². The molecule has 1 aliphatic rings. The van der Waals surface area contributed by atoms with Crippen LogP contribution in [0.5, 0.6) is 11.5 Å². The van der Waals surface area contributed by atoms with Crippen molar-refractivity contribution >= 4 is 17.6 Å². The van der Waals surface area contributed by atoms with Gasteiger partial charge in [0.2, 0.25) is 0 Å². The third kappa shape index (κ3) is 3.93. The number of allylic oxidation sites excluding steroid dienone is 1. The average Bonchev–Trinajstić information content (AvgIpc) is 2.66. The highest BCUT2D eigenvalue weighted by atomic mass is 16.5. The topological polar surface area (TPSA) is 88.7 Å². The first-order chi connectivity index (χ1) is 13.4. The van der Waals surface area contributed by atoms with E-state index in [1.54, 1.807) is 32.2 Å². The van der Waals surface area contributed by atoms with Gasteiger partial charge in [-0.15, -0.1) is 0 Å². The summed E-state index contributed by atoms with van der Waals surface area (Å²) >= 11 is 0. The Hall–Kier alpha value is -3.48. The Bertz CT molecular complexity index is 952. The van der Waals surface area contributed by atoms with E-state index >= 15 is 0 Å². The second kappa shape index (κ2) is 8.04. The van der Waals surface area contributed by atoms with Gasteiger partial charge in [0.1, 0.15) is 0 Å². The van der Waals surface area contributed by atoms with Crippen molar-refractivity contribution in [3.8, 4) is 11.5 Å². The first kappa shape index (κ1) is 19.3. The molecular formula is C21H23N3O4. The van der Waals surface area contributed by atoms with Gasteiger partial charge in [-0.25, -0.2) is 4.79 Å². The molecule has 3 rings (SSSR count). The molecule has 7 heteroatoms. The average molecular weight is 381 g/mol. The number of hydrogen-bond donors (Lipinski definition) is 3. The predicted molar refractivity (Wildman–Crippen MR) is 106 cm³/mol. The van der Waals surface area contributed by atoms with E-state index in [1.807, 2.05) is 31.2 Å². The van der Waals surface area contributed by atoms with Gasteiger partial charge in [-0.2, -0.15) is 0 Å². The molecule has 28 heavy (non-hydrogen) atoms. The van der Waals surface area contributed by atoms with E-state index in [0.717, 1.165) is 5.56 Å². The summed E-state index contributed by atoms with van der Waals surface area (Å²) in [5, 5.41) is 8.39. The van der Waals surface area contributed by atoms with E-state index in [9.17, 15) is 9.59 Å². The summed E-state index contributed by atoms with van der Waals surface area (Å²) in [5.41, 5.74) is 3.35. The highest BCUT2D eigenvalue weighted by Crippen LogP contribution is 2.34. The number of rotatable bonds is 5. The zero-order chi connectivity index (χ0) is 20.3. The van der Waals surface area contributed by atoms with E-state index in [0.29, 0.717) is 34.0 Å². The van der Waals surface area contributed by atoms with E-state index < -0.39 is 6.04 Å². The molecule has 2 aromatic rings. The number of amides is 3. The van der Waals surface area contributed by atoms with Gasteiger partial charge in [0, 0.05) is 11.4 Å². The second-order valence-corrected chi connectivity index (χ2v) is 6.51. The number of carbonyl (C=O) groups excluding carboxylic acids is 2. The minimum Gasteiger partial charge on any atom is -0.493 e. The van der Waals surface area contributed by atoms with E-state index in [2.05, 4.69) is 16.0 Å². The Morgan fingerprint density at radius 3 is 2.46 bits per heavy atom. The van der Waals surface area contributed by atoms with Crippen LogP contribution in [0.4, 0.5) is 10.5 Å². The molecule has 0 aromatic heterocycles. The molecule has 2 aromatic carbocycles. The van der Waals surface area contributed by atoms with Crippen LogP contribution in [0.2, 0.25) is 0 Å². The largest absolute Gasteiger partial charge is 0.493 e. The number of ether oxygens (including phenoxy) is 2. The van der Waals surface area contributed by atoms with Crippen molar-refractivity contribution in [2.75, 3.05) is 19.5 Å². The van der Waals surface area contributed by atoms with Gasteiger partial charge in [0.25, 0.3) is 5.91 Å². The lowest BCUT2D eigenvalue weighted by Gasteiger charge is -2.29. The van der Waals surface area contributed by atoms with Crippen LogP contribution < -0.4 is 25.4 Å². The van der Waals surface area contributed by atoms with Gasteiger partial charge in [-0.1, -0.05) is 18.2 Å². The zero-order valence-corrected chi connectivity index (χ0v) is 16.3. The lowest BCUT2D eigenvalue weighted by atomic mass is 9.94. The summed E-state index contributed by atoms with van der Waals surface area (Å²) in [5.74, 6) is 0.789. The molecule has 0 aliphatic carbocycles. The number of methoxy groups -OCH3 is 2. The van der Waals surface area contributed by atoms with Gasteiger partial charge in [0.15, 0.2) is 11.5 Å². The van der Waals surface area contributed by atoms with Crippen molar-refractivity contribution in [3.05, 3.63) is 64.9 Å². The van der Waals surface area contributed by atoms with Crippen molar-refractivity contribution < 1.29 is 19.1 Å². The molecule has 1 atom stereocenters. The monoisotopic (exact) mass is 381 g/mol. The van der Waals surface area contributed by atoms with Gasteiger partial charge < -0.3 is 25.4 Å². The Kier molecular flexibility index (Phi) is 5.54. The summed E-state index contributed by atoms with van der Waals surface area (Å²) in [6.07, 6.45) is 0. The summed E-state index contributed by atoms with van der Waals surface area (Å²) in [4.78, 5) is 25.1. The summed E-state index contributed by atoms with van der Waals surface area (Å²) in [6.45, 7) is 3.66. The first-order valence-corrected chi connectivity index (χ1v) is 8.81. The Morgan fingerprint density at radius 2 is 1.79 bits per heavy atom. The van der Waals surface area contributed by atoms with E-state index in [1.165, 1.54) is 7.11 Å². The standard InChI is InChI=1S/C21H23N3O4/c1-12-6-5-7-15(10-12)23-20(25)18-13(2)22-21(26)24-19(18)14-8-9-16(27-3)17(11-14)28-4/h5-11,19H,1-4H3,(H,23,25)(H2,22,24,26)/t19-/m1/s1. The number of urea groups is 1. The number of carbonyl (C=O) groups is 2. The molecule has 1 heterocycles. The van der Waals surface area contributed by atoms with Crippen LogP contribution in [0.1, 0.15) is 24.1 Å². The van der Waals surface area contributed by atoms with Crippen LogP contribution in [-0.4, -0.2) is 26.2 Å². The van der Waals surface area contributed by atoms with Crippen LogP contribution in [0.25, 0.3) is 0 Å². The van der Waals surface area contributed by atoms with Crippen molar-refractivity contribution in [3.63, 3.8) is 0 Å². The lowest BCUT2D eigenvalue weighted by Crippen LogP contribution is -2.46. The molecule has 0 saturated carbocycles. The molecule has 0 bridgehead atoms. The van der Waals surface area contributed by atoms with Gasteiger partial charge in [-0.05, 0) is 49.2 Å². The van der Waals surface area contributed by atoms with Gasteiger partial charge >= 0.3 is 6.03 Å². The van der Waals surface area contributed by atoms with Crippen molar-refractivity contribution in [1.82, 2.24) is 10.6 Å². The molecular weight excluding hydrogens is 358 g/mol. The number of nitrogens with one attached hydrogen (secondary N) is 3. The normalized spacial score (nSPS) is 16.1. The number of benzene rings is 2. The predicted octanol–water partition coefficient (Wildman–Crippen LogP) is 3.28. The molecule has 0 unspecified atom stereocenters.